The SMILES string of the molecule is O=C(C[C@@H]1C(=O)N(c2ccc(Cl)cc2)C(=S)N1Cc1cccs1)Nc1ccc(F)cc1. The second kappa shape index (κ2) is 9.13. The van der Waals surface area contributed by atoms with Crippen molar-refractivity contribution < 1.29 is 14.0 Å². The minimum absolute atomic E-state index is 0.0915. The van der Waals surface area contributed by atoms with Crippen molar-refractivity contribution in [2.45, 2.75) is 19.0 Å². The lowest BCUT2D eigenvalue weighted by molar-refractivity contribution is -0.124. The number of thiocarbonyl (C=S) groups is 1. The van der Waals surface area contributed by atoms with Gasteiger partial charge in [0, 0.05) is 15.6 Å². The number of hydrogen-bond acceptors (Lipinski definition) is 4. The van der Waals surface area contributed by atoms with Gasteiger partial charge in [0.1, 0.15) is 11.9 Å². The van der Waals surface area contributed by atoms with Crippen molar-refractivity contribution in [1.82, 2.24) is 4.90 Å². The zero-order valence-electron chi connectivity index (χ0n) is 16.1. The summed E-state index contributed by atoms with van der Waals surface area (Å²) >= 11 is 13.2. The lowest BCUT2D eigenvalue weighted by Gasteiger charge is -2.23. The van der Waals surface area contributed by atoms with Gasteiger partial charge in [0.25, 0.3) is 5.91 Å². The third-order valence-corrected chi connectivity index (χ3v) is 6.35. The van der Waals surface area contributed by atoms with E-state index in [-0.39, 0.29) is 18.2 Å². The van der Waals surface area contributed by atoms with Crippen LogP contribution in [0.5, 0.6) is 0 Å². The molecule has 1 N–H and O–H groups in total. The predicted molar refractivity (Wildman–Crippen MR) is 125 cm³/mol. The number of hydrogen-bond donors (Lipinski definition) is 1. The fraction of sp³-hybridized carbons (Fsp3) is 0.136. The largest absolute Gasteiger partial charge is 0.331 e. The quantitative estimate of drug-likeness (QED) is 0.508. The molecule has 2 amide bonds. The number of benzene rings is 2. The highest BCUT2D eigenvalue weighted by Crippen LogP contribution is 2.30. The van der Waals surface area contributed by atoms with Crippen molar-refractivity contribution in [3.8, 4) is 0 Å². The first kappa shape index (κ1) is 21.4. The van der Waals surface area contributed by atoms with Crippen LogP contribution < -0.4 is 10.2 Å². The van der Waals surface area contributed by atoms with Crippen LogP contribution in [0.2, 0.25) is 5.02 Å². The lowest BCUT2D eigenvalue weighted by atomic mass is 10.1. The van der Waals surface area contributed by atoms with Gasteiger partial charge in [-0.25, -0.2) is 4.39 Å². The van der Waals surface area contributed by atoms with Gasteiger partial charge in [0.05, 0.1) is 18.7 Å². The zero-order chi connectivity index (χ0) is 22.0. The Morgan fingerprint density at radius 3 is 2.48 bits per heavy atom. The molecular formula is C22H17ClFN3O2S2. The van der Waals surface area contributed by atoms with Gasteiger partial charge in [-0.15, -0.1) is 11.3 Å². The van der Waals surface area contributed by atoms with Crippen LogP contribution in [-0.2, 0) is 16.1 Å². The third kappa shape index (κ3) is 4.76. The van der Waals surface area contributed by atoms with Crippen LogP contribution in [0.15, 0.2) is 66.0 Å². The summed E-state index contributed by atoms with van der Waals surface area (Å²) in [6, 6.07) is 15.4. The van der Waals surface area contributed by atoms with E-state index >= 15 is 0 Å². The van der Waals surface area contributed by atoms with Crippen molar-refractivity contribution in [3.63, 3.8) is 0 Å². The molecule has 1 atom stereocenters. The second-order valence-electron chi connectivity index (χ2n) is 6.91. The molecule has 0 saturated carbocycles. The van der Waals surface area contributed by atoms with E-state index in [1.54, 1.807) is 40.5 Å². The molecule has 158 valence electrons. The highest BCUT2D eigenvalue weighted by Gasteiger charge is 2.44. The van der Waals surface area contributed by atoms with Crippen molar-refractivity contribution in [1.29, 1.82) is 0 Å². The Morgan fingerprint density at radius 2 is 1.84 bits per heavy atom. The number of thiophene rings is 1. The third-order valence-electron chi connectivity index (χ3n) is 4.82. The second-order valence-corrected chi connectivity index (χ2v) is 8.75. The number of rotatable bonds is 6. The average Bonchev–Trinajstić information content (AvgIpc) is 3.33. The van der Waals surface area contributed by atoms with Crippen molar-refractivity contribution >= 4 is 63.5 Å². The van der Waals surface area contributed by atoms with Gasteiger partial charge in [0.2, 0.25) is 5.91 Å². The number of nitrogens with one attached hydrogen (secondary N) is 1. The van der Waals surface area contributed by atoms with E-state index in [4.69, 9.17) is 23.8 Å². The van der Waals surface area contributed by atoms with Crippen molar-refractivity contribution in [2.24, 2.45) is 0 Å². The molecule has 0 unspecified atom stereocenters. The summed E-state index contributed by atoms with van der Waals surface area (Å²) in [5.74, 6) is -1.03. The summed E-state index contributed by atoms with van der Waals surface area (Å²) in [6.07, 6.45) is -0.0915. The summed E-state index contributed by atoms with van der Waals surface area (Å²) in [5.41, 5.74) is 1.05. The Labute approximate surface area is 193 Å². The fourth-order valence-corrected chi connectivity index (χ4v) is 4.55. The number of carbonyl (C=O) groups is 2. The van der Waals surface area contributed by atoms with Gasteiger partial charge in [-0.3, -0.25) is 14.5 Å². The molecule has 0 radical (unpaired) electrons. The standard InChI is InChI=1S/C22H17ClFN3O2S2/c23-14-3-9-17(10-4-14)27-21(29)19(26(22(27)30)13-18-2-1-11-31-18)12-20(28)25-16-7-5-15(24)6-8-16/h1-11,19H,12-13H2,(H,25,28)/t19-/m1/s1. The Hall–Kier alpha value is -2.81. The van der Waals surface area contributed by atoms with E-state index in [1.807, 2.05) is 17.5 Å². The molecule has 0 spiro atoms. The average molecular weight is 474 g/mol. The normalized spacial score (nSPS) is 16.1. The van der Waals surface area contributed by atoms with Gasteiger partial charge in [-0.05, 0) is 72.2 Å². The first-order valence-electron chi connectivity index (χ1n) is 9.40. The van der Waals surface area contributed by atoms with Gasteiger partial charge < -0.3 is 10.2 Å². The minimum Gasteiger partial charge on any atom is -0.331 e. The topological polar surface area (TPSA) is 52.7 Å². The smallest absolute Gasteiger partial charge is 0.256 e. The van der Waals surface area contributed by atoms with Gasteiger partial charge in [-0.2, -0.15) is 0 Å². The monoisotopic (exact) mass is 473 g/mol. The van der Waals surface area contributed by atoms with Crippen LogP contribution >= 0.6 is 35.2 Å². The van der Waals surface area contributed by atoms with Crippen LogP contribution in [0, 0.1) is 5.82 Å². The fourth-order valence-electron chi connectivity index (χ4n) is 3.33. The van der Waals surface area contributed by atoms with Crippen molar-refractivity contribution in [3.05, 3.63) is 81.8 Å². The van der Waals surface area contributed by atoms with Gasteiger partial charge in [0.15, 0.2) is 5.11 Å². The van der Waals surface area contributed by atoms with Crippen LogP contribution in [0.3, 0.4) is 0 Å². The Balaban J connectivity index is 1.58. The number of amides is 2. The van der Waals surface area contributed by atoms with E-state index in [9.17, 15) is 14.0 Å². The van der Waals surface area contributed by atoms with E-state index in [0.29, 0.717) is 28.1 Å². The first-order chi connectivity index (χ1) is 14.9. The van der Waals surface area contributed by atoms with Crippen LogP contribution in [0.1, 0.15) is 11.3 Å². The molecule has 1 fully saturated rings. The first-order valence-corrected chi connectivity index (χ1v) is 11.1. The molecule has 1 saturated heterocycles. The summed E-state index contributed by atoms with van der Waals surface area (Å²) in [5, 5.41) is 5.54. The molecule has 2 heterocycles. The summed E-state index contributed by atoms with van der Waals surface area (Å²) in [6.45, 7) is 0.417. The molecule has 4 rings (SSSR count). The number of nitrogens with zero attached hydrogens (tertiary/aromatic N) is 2. The maximum atomic E-state index is 13.3. The van der Waals surface area contributed by atoms with E-state index in [0.717, 1.165) is 4.88 Å². The molecular weight excluding hydrogens is 457 g/mol. The Morgan fingerprint density at radius 1 is 1.13 bits per heavy atom. The number of carbonyl (C=O) groups excluding carboxylic acids is 2. The maximum Gasteiger partial charge on any atom is 0.256 e. The summed E-state index contributed by atoms with van der Waals surface area (Å²) in [4.78, 5) is 30.2. The Kier molecular flexibility index (Phi) is 6.31. The van der Waals surface area contributed by atoms with E-state index in [1.165, 1.54) is 29.2 Å². The molecule has 2 aromatic carbocycles. The van der Waals surface area contributed by atoms with Crippen LogP contribution in [0.4, 0.5) is 15.8 Å². The molecule has 3 aromatic rings. The molecule has 0 aliphatic carbocycles. The zero-order valence-corrected chi connectivity index (χ0v) is 18.5. The highest BCUT2D eigenvalue weighted by atomic mass is 35.5. The predicted octanol–water partition coefficient (Wildman–Crippen LogP) is 5.07. The maximum absolute atomic E-state index is 13.3. The molecule has 31 heavy (non-hydrogen) atoms. The minimum atomic E-state index is -0.759. The molecule has 1 aliphatic rings. The van der Waals surface area contributed by atoms with Crippen LogP contribution in [-0.4, -0.2) is 27.9 Å². The lowest BCUT2D eigenvalue weighted by Crippen LogP contribution is -2.37. The van der Waals surface area contributed by atoms with Gasteiger partial charge in [-0.1, -0.05) is 17.7 Å². The van der Waals surface area contributed by atoms with Crippen LogP contribution in [0.25, 0.3) is 0 Å². The summed E-state index contributed by atoms with van der Waals surface area (Å²) < 4.78 is 13.1. The van der Waals surface area contributed by atoms with Gasteiger partial charge >= 0.3 is 0 Å². The molecule has 1 aliphatic heterocycles. The molecule has 9 heteroatoms. The number of anilines is 2. The molecule has 1 aromatic heterocycles. The van der Waals surface area contributed by atoms with E-state index in [2.05, 4.69) is 5.32 Å². The summed E-state index contributed by atoms with van der Waals surface area (Å²) in [7, 11) is 0. The number of halogens is 2. The molecule has 5 nitrogen and oxygen atoms in total. The van der Waals surface area contributed by atoms with E-state index < -0.39 is 11.9 Å². The Bertz CT molecular complexity index is 1100. The molecule has 0 bridgehead atoms. The highest BCUT2D eigenvalue weighted by molar-refractivity contribution is 7.80. The van der Waals surface area contributed by atoms with Crippen molar-refractivity contribution in [2.75, 3.05) is 10.2 Å².